The van der Waals surface area contributed by atoms with Crippen molar-refractivity contribution in [2.45, 2.75) is 185 Å². The number of phosphoric ester groups is 1. The molecule has 0 amide bonds. The third kappa shape index (κ3) is 30.5. The molecule has 13 nitrogen and oxygen atoms in total. The molecule has 1 aliphatic rings. The van der Waals surface area contributed by atoms with Crippen molar-refractivity contribution in [2.24, 2.45) is 0 Å². The van der Waals surface area contributed by atoms with Crippen LogP contribution in [0.2, 0.25) is 0 Å². The van der Waals surface area contributed by atoms with Crippen molar-refractivity contribution < 1.29 is 63.1 Å². The van der Waals surface area contributed by atoms with Crippen molar-refractivity contribution in [1.82, 2.24) is 0 Å². The minimum Gasteiger partial charge on any atom is -0.462 e. The molecule has 0 aromatic carbocycles. The summed E-state index contributed by atoms with van der Waals surface area (Å²) in [5.41, 5.74) is 0. The van der Waals surface area contributed by atoms with Crippen LogP contribution < -0.4 is 0 Å². The zero-order valence-corrected chi connectivity index (χ0v) is 38.7. The molecule has 6 N–H and O–H groups in total. The van der Waals surface area contributed by atoms with E-state index in [-0.39, 0.29) is 12.8 Å². The van der Waals surface area contributed by atoms with Gasteiger partial charge in [-0.1, -0.05) is 130 Å². The Morgan fingerprint density at radius 1 is 0.508 bits per heavy atom. The second kappa shape index (κ2) is 38.1. The van der Waals surface area contributed by atoms with Crippen LogP contribution in [-0.2, 0) is 32.7 Å². The third-order valence-corrected chi connectivity index (χ3v) is 10.9. The number of phosphoric acid groups is 1. The first-order valence-corrected chi connectivity index (χ1v) is 24.5. The first-order valence-electron chi connectivity index (χ1n) is 23.0. The van der Waals surface area contributed by atoms with Crippen LogP contribution in [0.15, 0.2) is 97.2 Å². The highest BCUT2D eigenvalue weighted by Gasteiger charge is 2.51. The van der Waals surface area contributed by atoms with E-state index in [1.54, 1.807) is 0 Å². The Labute approximate surface area is 377 Å². The van der Waals surface area contributed by atoms with Crippen molar-refractivity contribution in [2.75, 3.05) is 13.2 Å². The zero-order chi connectivity index (χ0) is 46.4. The number of allylic oxidation sites excluding steroid dienone is 16. The molecule has 8 atom stereocenters. The highest BCUT2D eigenvalue weighted by atomic mass is 31.2. The van der Waals surface area contributed by atoms with Gasteiger partial charge >= 0.3 is 19.8 Å². The normalized spacial score (nSPS) is 22.6. The van der Waals surface area contributed by atoms with Gasteiger partial charge in [-0.2, -0.15) is 0 Å². The smallest absolute Gasteiger partial charge is 0.462 e. The molecule has 0 heterocycles. The maximum Gasteiger partial charge on any atom is 0.472 e. The Balaban J connectivity index is 2.52. The van der Waals surface area contributed by atoms with E-state index < -0.39 is 75.7 Å². The first kappa shape index (κ1) is 57.8. The quantitative estimate of drug-likeness (QED) is 0.0150. The lowest BCUT2D eigenvalue weighted by Crippen LogP contribution is -2.64. The Morgan fingerprint density at radius 3 is 1.38 bits per heavy atom. The molecular formula is C49H79O13P. The molecule has 1 saturated carbocycles. The maximum absolute atomic E-state index is 12.8. The number of unbranched alkanes of at least 4 members (excludes halogenated alkanes) is 8. The lowest BCUT2D eigenvalue weighted by atomic mass is 9.85. The fourth-order valence-electron chi connectivity index (χ4n) is 6.20. The van der Waals surface area contributed by atoms with Crippen LogP contribution in [0.4, 0.5) is 0 Å². The van der Waals surface area contributed by atoms with E-state index in [1.165, 1.54) is 19.3 Å². The SMILES string of the molecule is CC/C=C/C/C=C/C/C=C/C/C=C/C/C=C/CCCCCC(=O)OC[C@@H](COP(=O)(O)OC1C(O)C(O)C(O)[C@H](O)C1O)OC(=O)CCCC/C=C/C/C=C/C/C=C/CCCCC. The van der Waals surface area contributed by atoms with Crippen molar-refractivity contribution in [1.29, 1.82) is 0 Å². The second-order valence-corrected chi connectivity index (χ2v) is 16.9. The fourth-order valence-corrected chi connectivity index (χ4v) is 7.17. The van der Waals surface area contributed by atoms with Crippen molar-refractivity contribution in [3.05, 3.63) is 97.2 Å². The number of carbonyl (C=O) groups is 2. The van der Waals surface area contributed by atoms with Crippen LogP contribution in [0, 0.1) is 0 Å². The minimum absolute atomic E-state index is 0.0342. The van der Waals surface area contributed by atoms with Crippen molar-refractivity contribution >= 4 is 19.8 Å². The van der Waals surface area contributed by atoms with Gasteiger partial charge in [0.25, 0.3) is 0 Å². The molecule has 358 valence electrons. The van der Waals surface area contributed by atoms with Gasteiger partial charge in [0, 0.05) is 12.8 Å². The Bertz CT molecular complexity index is 1470. The van der Waals surface area contributed by atoms with Gasteiger partial charge in [-0.3, -0.25) is 18.6 Å². The molecule has 14 heteroatoms. The van der Waals surface area contributed by atoms with E-state index in [9.17, 15) is 44.6 Å². The summed E-state index contributed by atoms with van der Waals surface area (Å²) in [5.74, 6) is -1.19. The molecule has 0 aliphatic heterocycles. The van der Waals surface area contributed by atoms with Crippen molar-refractivity contribution in [3.8, 4) is 0 Å². The van der Waals surface area contributed by atoms with E-state index in [4.69, 9.17) is 18.5 Å². The molecule has 0 aromatic heterocycles. The summed E-state index contributed by atoms with van der Waals surface area (Å²) in [4.78, 5) is 35.7. The minimum atomic E-state index is -5.14. The second-order valence-electron chi connectivity index (χ2n) is 15.5. The highest BCUT2D eigenvalue weighted by Crippen LogP contribution is 2.47. The molecular weight excluding hydrogens is 827 g/mol. The Morgan fingerprint density at radius 2 is 0.905 bits per heavy atom. The predicted octanol–water partition coefficient (Wildman–Crippen LogP) is 9.05. The largest absolute Gasteiger partial charge is 0.472 e. The van der Waals surface area contributed by atoms with Crippen LogP contribution in [0.3, 0.4) is 0 Å². The van der Waals surface area contributed by atoms with Gasteiger partial charge in [0.2, 0.25) is 0 Å². The van der Waals surface area contributed by atoms with Crippen molar-refractivity contribution in [3.63, 3.8) is 0 Å². The summed E-state index contributed by atoms with van der Waals surface area (Å²) in [6.45, 7) is 3.08. The van der Waals surface area contributed by atoms with Gasteiger partial charge in [-0.25, -0.2) is 4.57 Å². The monoisotopic (exact) mass is 907 g/mol. The maximum atomic E-state index is 12.8. The molecule has 0 saturated heterocycles. The van der Waals surface area contributed by atoms with E-state index in [0.717, 1.165) is 77.0 Å². The Kier molecular flexibility index (Phi) is 34.9. The summed E-state index contributed by atoms with van der Waals surface area (Å²) in [5, 5.41) is 50.1. The standard InChI is InChI=1S/C49H79O13P/c1-3-5-7-9-11-13-15-17-19-20-21-22-24-25-27-29-31-33-35-37-42(50)59-39-41(40-60-63(57,58)62-49-47(55)45(53)44(52)46(54)48(49)56)61-43(51)38-36-34-32-30-28-26-23-18-16-14-12-10-8-6-4-2/h5,7,11-14,17-19,21-23,25,27-28,30,41,44-49,52-56H,3-4,6,8-10,15-16,20,24,26,29,31-40H2,1-2H3,(H,57,58)/b7-5+,13-11+,14-12+,19-17+,22-21+,23-18+,27-25+,30-28+/t41-,44?,45-,46?,47?,48?,49?/m0/s1. The summed E-state index contributed by atoms with van der Waals surface area (Å²) >= 11 is 0. The average molecular weight is 907 g/mol. The summed E-state index contributed by atoms with van der Waals surface area (Å²) in [6, 6.07) is 0. The number of ether oxygens (including phenoxy) is 2. The van der Waals surface area contributed by atoms with E-state index in [0.29, 0.717) is 19.3 Å². The topological polar surface area (TPSA) is 210 Å². The van der Waals surface area contributed by atoms with Crippen LogP contribution in [-0.4, -0.2) is 98.3 Å². The number of hydrogen-bond acceptors (Lipinski definition) is 12. The number of hydrogen-bond donors (Lipinski definition) is 6. The third-order valence-electron chi connectivity index (χ3n) is 9.91. The van der Waals surface area contributed by atoms with E-state index >= 15 is 0 Å². The number of aliphatic hydroxyl groups excluding tert-OH is 5. The number of carbonyl (C=O) groups excluding carboxylic acids is 2. The molecule has 0 radical (unpaired) electrons. The lowest BCUT2D eigenvalue weighted by molar-refractivity contribution is -0.220. The molecule has 6 unspecified atom stereocenters. The average Bonchev–Trinajstić information content (AvgIpc) is 3.26. The summed E-state index contributed by atoms with van der Waals surface area (Å²) in [7, 11) is -5.14. The lowest BCUT2D eigenvalue weighted by Gasteiger charge is -2.41. The van der Waals surface area contributed by atoms with Crippen LogP contribution in [0.5, 0.6) is 0 Å². The van der Waals surface area contributed by atoms with E-state index in [1.807, 2.05) is 0 Å². The van der Waals surface area contributed by atoms with Crippen LogP contribution in [0.25, 0.3) is 0 Å². The van der Waals surface area contributed by atoms with Gasteiger partial charge in [0.1, 0.15) is 43.2 Å². The fraction of sp³-hybridized carbons (Fsp3) is 0.633. The molecule has 1 aliphatic carbocycles. The molecule has 1 rings (SSSR count). The molecule has 0 aromatic rings. The first-order chi connectivity index (χ1) is 30.4. The van der Waals surface area contributed by atoms with Crippen LogP contribution >= 0.6 is 7.82 Å². The summed E-state index contributed by atoms with van der Waals surface area (Å²) in [6.07, 6.45) is 37.5. The summed E-state index contributed by atoms with van der Waals surface area (Å²) < 4.78 is 33.4. The van der Waals surface area contributed by atoms with Gasteiger partial charge in [0.05, 0.1) is 6.61 Å². The number of esters is 2. The van der Waals surface area contributed by atoms with Gasteiger partial charge in [-0.15, -0.1) is 0 Å². The molecule has 63 heavy (non-hydrogen) atoms. The zero-order valence-electron chi connectivity index (χ0n) is 37.8. The van der Waals surface area contributed by atoms with Gasteiger partial charge < -0.3 is 39.9 Å². The molecule has 0 spiro atoms. The highest BCUT2D eigenvalue weighted by molar-refractivity contribution is 7.47. The van der Waals surface area contributed by atoms with E-state index in [2.05, 4.69) is 111 Å². The molecule has 0 bridgehead atoms. The Hall–Kier alpha value is -3.23. The van der Waals surface area contributed by atoms with Gasteiger partial charge in [0.15, 0.2) is 6.10 Å². The molecule has 1 fully saturated rings. The predicted molar refractivity (Wildman–Crippen MR) is 248 cm³/mol. The number of rotatable bonds is 36. The van der Waals surface area contributed by atoms with Gasteiger partial charge in [-0.05, 0) is 96.3 Å². The van der Waals surface area contributed by atoms with Crippen LogP contribution in [0.1, 0.15) is 142 Å². The number of aliphatic hydroxyl groups is 5.